The van der Waals surface area contributed by atoms with Crippen molar-refractivity contribution in [1.82, 2.24) is 15.1 Å². The van der Waals surface area contributed by atoms with Crippen molar-refractivity contribution in [2.75, 3.05) is 33.8 Å². The summed E-state index contributed by atoms with van der Waals surface area (Å²) < 4.78 is 5.21. The molecule has 1 amide bonds. The molecule has 0 saturated carbocycles. The Bertz CT molecular complexity index is 822. The van der Waals surface area contributed by atoms with Crippen LogP contribution in [-0.4, -0.2) is 55.5 Å². The molecule has 6 nitrogen and oxygen atoms in total. The van der Waals surface area contributed by atoms with E-state index < -0.39 is 0 Å². The number of thiophene rings is 1. The average Bonchev–Trinajstić information content (AvgIpc) is 3.19. The van der Waals surface area contributed by atoms with Gasteiger partial charge in [-0.2, -0.15) is 0 Å². The van der Waals surface area contributed by atoms with Gasteiger partial charge in [0.1, 0.15) is 12.3 Å². The van der Waals surface area contributed by atoms with Gasteiger partial charge in [-0.3, -0.25) is 4.79 Å². The highest BCUT2D eigenvalue weighted by molar-refractivity contribution is 14.0. The summed E-state index contributed by atoms with van der Waals surface area (Å²) in [5, 5.41) is 5.38. The number of methoxy groups -OCH3 is 1. The van der Waals surface area contributed by atoms with E-state index in [1.165, 1.54) is 10.4 Å². The van der Waals surface area contributed by atoms with E-state index in [1.54, 1.807) is 18.4 Å². The van der Waals surface area contributed by atoms with E-state index in [9.17, 15) is 4.79 Å². The Hall–Kier alpha value is -1.81. The highest BCUT2D eigenvalue weighted by Crippen LogP contribution is 2.24. The molecule has 0 radical (unpaired) electrons. The summed E-state index contributed by atoms with van der Waals surface area (Å²) in [4.78, 5) is 22.6. The molecule has 1 aliphatic rings. The molecule has 0 saturated heterocycles. The van der Waals surface area contributed by atoms with Crippen molar-refractivity contribution >= 4 is 47.2 Å². The number of aliphatic imine (C=N–C) groups is 1. The van der Waals surface area contributed by atoms with Crippen molar-refractivity contribution in [2.24, 2.45) is 4.99 Å². The van der Waals surface area contributed by atoms with Crippen LogP contribution < -0.4 is 10.1 Å². The van der Waals surface area contributed by atoms with E-state index in [0.717, 1.165) is 36.8 Å². The Morgan fingerprint density at radius 2 is 2.07 bits per heavy atom. The van der Waals surface area contributed by atoms with Crippen LogP contribution in [0.25, 0.3) is 0 Å². The molecule has 1 aromatic carbocycles. The minimum atomic E-state index is 0. The lowest BCUT2D eigenvalue weighted by atomic mass is 10.1. The summed E-state index contributed by atoms with van der Waals surface area (Å²) in [5.41, 5.74) is 2.43. The Morgan fingerprint density at radius 3 is 2.76 bits per heavy atom. The lowest BCUT2D eigenvalue weighted by Crippen LogP contribution is -2.41. The molecule has 3 rings (SSSR count). The zero-order chi connectivity index (χ0) is 19.9. The number of rotatable bonds is 6. The van der Waals surface area contributed by atoms with Crippen LogP contribution in [0.3, 0.4) is 0 Å². The summed E-state index contributed by atoms with van der Waals surface area (Å²) in [7, 11) is 3.64. The lowest BCUT2D eigenvalue weighted by Gasteiger charge is -2.27. The third kappa shape index (κ3) is 6.33. The molecule has 0 spiro atoms. The fourth-order valence-corrected chi connectivity index (χ4v) is 4.14. The molecule has 29 heavy (non-hydrogen) atoms. The number of nitrogens with one attached hydrogen (secondary N) is 1. The van der Waals surface area contributed by atoms with Crippen molar-refractivity contribution in [1.29, 1.82) is 0 Å². The Morgan fingerprint density at radius 1 is 1.31 bits per heavy atom. The predicted molar refractivity (Wildman–Crippen MR) is 129 cm³/mol. The molecular formula is C21H29IN4O2S. The van der Waals surface area contributed by atoms with Gasteiger partial charge in [0.25, 0.3) is 0 Å². The first-order valence-corrected chi connectivity index (χ1v) is 10.4. The van der Waals surface area contributed by atoms with Gasteiger partial charge in [0, 0.05) is 38.1 Å². The zero-order valence-electron chi connectivity index (χ0n) is 17.2. The molecule has 8 heteroatoms. The van der Waals surface area contributed by atoms with Crippen LogP contribution in [0.5, 0.6) is 5.75 Å². The number of hydrogen-bond donors (Lipinski definition) is 1. The van der Waals surface area contributed by atoms with Gasteiger partial charge >= 0.3 is 0 Å². The Kier molecular flexibility index (Phi) is 9.22. The molecule has 1 aliphatic heterocycles. The fraction of sp³-hybridized carbons (Fsp3) is 0.429. The van der Waals surface area contributed by atoms with Crippen LogP contribution >= 0.6 is 35.3 Å². The van der Waals surface area contributed by atoms with E-state index >= 15 is 0 Å². The zero-order valence-corrected chi connectivity index (χ0v) is 20.3. The first kappa shape index (κ1) is 23.5. The number of halogens is 1. The van der Waals surface area contributed by atoms with Gasteiger partial charge in [0.2, 0.25) is 5.91 Å². The van der Waals surface area contributed by atoms with Gasteiger partial charge in [0.05, 0.1) is 7.11 Å². The Balaban J connectivity index is 0.00000300. The van der Waals surface area contributed by atoms with E-state index in [1.807, 2.05) is 48.0 Å². The lowest BCUT2D eigenvalue weighted by molar-refractivity contribution is -0.130. The second-order valence-corrected chi connectivity index (χ2v) is 7.81. The van der Waals surface area contributed by atoms with Gasteiger partial charge in [-0.1, -0.05) is 12.1 Å². The van der Waals surface area contributed by atoms with Crippen LogP contribution in [0.1, 0.15) is 22.9 Å². The van der Waals surface area contributed by atoms with Crippen molar-refractivity contribution in [3.8, 4) is 5.75 Å². The number of guanidine groups is 1. The van der Waals surface area contributed by atoms with E-state index in [4.69, 9.17) is 4.74 Å². The number of carbonyl (C=O) groups excluding carboxylic acids is 1. The number of benzene rings is 1. The van der Waals surface area contributed by atoms with Crippen molar-refractivity contribution in [3.63, 3.8) is 0 Å². The van der Waals surface area contributed by atoms with Crippen LogP contribution in [0.4, 0.5) is 0 Å². The molecule has 0 aliphatic carbocycles. The maximum atomic E-state index is 12.7. The highest BCUT2D eigenvalue weighted by atomic mass is 127. The molecule has 0 bridgehead atoms. The predicted octanol–water partition coefficient (Wildman–Crippen LogP) is 3.36. The van der Waals surface area contributed by atoms with Crippen LogP contribution in [-0.2, 0) is 24.3 Å². The van der Waals surface area contributed by atoms with Crippen molar-refractivity contribution in [3.05, 3.63) is 51.7 Å². The van der Waals surface area contributed by atoms with Gasteiger partial charge in [0.15, 0.2) is 5.96 Å². The number of fused-ring (bicyclic) bond motifs is 1. The molecule has 158 valence electrons. The summed E-state index contributed by atoms with van der Waals surface area (Å²) >= 11 is 1.78. The van der Waals surface area contributed by atoms with E-state index in [2.05, 4.69) is 21.8 Å². The molecule has 0 unspecified atom stereocenters. The number of ether oxygens (including phenoxy) is 1. The fourth-order valence-electron chi connectivity index (χ4n) is 3.25. The molecule has 2 aromatic rings. The molecule has 2 heterocycles. The standard InChI is InChI=1S/C21H28N4O2S.HI/c1-4-22-21(24(2)14-16-5-7-18(27-3)8-6-16)23-13-20(26)25-11-9-19-17(15-25)10-12-28-19;/h5-8,10,12H,4,9,11,13-15H2,1-3H3,(H,22,23);1H. The SMILES string of the molecule is CCNC(=NCC(=O)N1CCc2sccc2C1)N(C)Cc1ccc(OC)cc1.I. The first-order valence-electron chi connectivity index (χ1n) is 9.56. The largest absolute Gasteiger partial charge is 0.497 e. The van der Waals surface area contributed by atoms with E-state index in [-0.39, 0.29) is 36.4 Å². The molecule has 1 N–H and O–H groups in total. The minimum absolute atomic E-state index is 0. The number of hydrogen-bond acceptors (Lipinski definition) is 4. The smallest absolute Gasteiger partial charge is 0.244 e. The van der Waals surface area contributed by atoms with Crippen molar-refractivity contribution < 1.29 is 9.53 Å². The monoisotopic (exact) mass is 528 g/mol. The molecule has 0 atom stereocenters. The third-order valence-electron chi connectivity index (χ3n) is 4.80. The normalized spacial score (nSPS) is 13.3. The number of carbonyl (C=O) groups is 1. The summed E-state index contributed by atoms with van der Waals surface area (Å²) in [5.74, 6) is 1.65. The summed E-state index contributed by atoms with van der Waals surface area (Å²) in [6, 6.07) is 10.1. The molecular weight excluding hydrogens is 499 g/mol. The maximum Gasteiger partial charge on any atom is 0.244 e. The topological polar surface area (TPSA) is 57.2 Å². The first-order chi connectivity index (χ1) is 13.6. The van der Waals surface area contributed by atoms with Gasteiger partial charge in [-0.15, -0.1) is 35.3 Å². The third-order valence-corrected chi connectivity index (χ3v) is 5.82. The maximum absolute atomic E-state index is 12.7. The van der Waals surface area contributed by atoms with E-state index in [0.29, 0.717) is 13.1 Å². The van der Waals surface area contributed by atoms with Gasteiger partial charge < -0.3 is 19.9 Å². The highest BCUT2D eigenvalue weighted by Gasteiger charge is 2.21. The summed E-state index contributed by atoms with van der Waals surface area (Å²) in [6.45, 7) is 5.12. The van der Waals surface area contributed by atoms with Gasteiger partial charge in [-0.25, -0.2) is 4.99 Å². The van der Waals surface area contributed by atoms with Crippen LogP contribution in [0.15, 0.2) is 40.7 Å². The van der Waals surface area contributed by atoms with Gasteiger partial charge in [-0.05, 0) is 48.1 Å². The summed E-state index contributed by atoms with van der Waals surface area (Å²) in [6.07, 6.45) is 0.944. The quantitative estimate of drug-likeness (QED) is 0.355. The van der Waals surface area contributed by atoms with Crippen LogP contribution in [0, 0.1) is 0 Å². The molecule has 0 fully saturated rings. The number of amides is 1. The van der Waals surface area contributed by atoms with Crippen molar-refractivity contribution in [2.45, 2.75) is 26.4 Å². The Labute approximate surface area is 194 Å². The molecule has 1 aromatic heterocycles. The number of nitrogens with zero attached hydrogens (tertiary/aromatic N) is 3. The van der Waals surface area contributed by atoms with Crippen LogP contribution in [0.2, 0.25) is 0 Å². The second-order valence-electron chi connectivity index (χ2n) is 6.81. The average molecular weight is 528 g/mol. The minimum Gasteiger partial charge on any atom is -0.497 e. The second kappa shape index (κ2) is 11.4.